The van der Waals surface area contributed by atoms with Gasteiger partial charge in [0.05, 0.1) is 22.9 Å². The first kappa shape index (κ1) is 24.7. The standard InChI is InChI=1S/C25H25ClN2O4S2/c1-24(2,31)11-12-32-21-9-5-8-20(27-21)25(16-10-13-33-15-16)14-18(29)22(23(30)28-25)34-19-7-4-3-6-17(19)26/h3-10,13,15,22,31H,11-12,14H2,1-2H3,(H,28,30). The molecule has 2 N–H and O–H groups in total. The number of hydrogen-bond donors (Lipinski definition) is 2. The van der Waals surface area contributed by atoms with Crippen LogP contribution in [0.5, 0.6) is 5.88 Å². The normalized spacial score (nSPS) is 20.8. The number of carbonyl (C=O) groups is 2. The lowest BCUT2D eigenvalue weighted by Gasteiger charge is -2.39. The predicted molar refractivity (Wildman–Crippen MR) is 135 cm³/mol. The number of ether oxygens (including phenoxy) is 1. The number of pyridine rings is 1. The summed E-state index contributed by atoms with van der Waals surface area (Å²) in [6.07, 6.45) is 0.489. The van der Waals surface area contributed by atoms with E-state index in [1.54, 1.807) is 50.2 Å². The number of rotatable bonds is 8. The molecule has 0 radical (unpaired) electrons. The van der Waals surface area contributed by atoms with Crippen molar-refractivity contribution in [3.63, 3.8) is 0 Å². The number of Topliss-reactive ketones (excluding diaryl/α,β-unsaturated/α-hetero) is 1. The quantitative estimate of drug-likeness (QED) is 0.417. The molecule has 2 aromatic heterocycles. The molecule has 34 heavy (non-hydrogen) atoms. The lowest BCUT2D eigenvalue weighted by Crippen LogP contribution is -2.58. The summed E-state index contributed by atoms with van der Waals surface area (Å²) < 4.78 is 5.76. The van der Waals surface area contributed by atoms with Crippen LogP contribution in [-0.2, 0) is 15.1 Å². The molecule has 2 atom stereocenters. The van der Waals surface area contributed by atoms with Crippen LogP contribution in [0.1, 0.15) is 37.9 Å². The molecule has 1 aliphatic heterocycles. The Morgan fingerprint density at radius 2 is 2.03 bits per heavy atom. The maximum atomic E-state index is 13.4. The summed E-state index contributed by atoms with van der Waals surface area (Å²) >= 11 is 8.90. The zero-order valence-electron chi connectivity index (χ0n) is 18.8. The van der Waals surface area contributed by atoms with Gasteiger partial charge in [0.1, 0.15) is 10.8 Å². The molecule has 6 nitrogen and oxygen atoms in total. The maximum Gasteiger partial charge on any atom is 0.242 e. The van der Waals surface area contributed by atoms with Crippen LogP contribution in [0.4, 0.5) is 0 Å². The Morgan fingerprint density at radius 3 is 2.71 bits per heavy atom. The molecule has 0 saturated carbocycles. The van der Waals surface area contributed by atoms with Crippen LogP contribution >= 0.6 is 34.7 Å². The van der Waals surface area contributed by atoms with E-state index in [0.29, 0.717) is 27.9 Å². The number of halogens is 1. The van der Waals surface area contributed by atoms with Gasteiger partial charge in [-0.3, -0.25) is 9.59 Å². The summed E-state index contributed by atoms with van der Waals surface area (Å²) in [6.45, 7) is 3.71. The topological polar surface area (TPSA) is 88.5 Å². The Kier molecular flexibility index (Phi) is 7.33. The highest BCUT2D eigenvalue weighted by Crippen LogP contribution is 2.41. The predicted octanol–water partition coefficient (Wildman–Crippen LogP) is 4.83. The SMILES string of the molecule is CC(C)(O)CCOc1cccc(C2(c3ccsc3)CC(=O)C(Sc3ccccc3Cl)C(=O)N2)n1. The van der Waals surface area contributed by atoms with Crippen molar-refractivity contribution in [1.29, 1.82) is 0 Å². The largest absolute Gasteiger partial charge is 0.478 e. The van der Waals surface area contributed by atoms with E-state index in [-0.39, 0.29) is 24.7 Å². The molecule has 0 aliphatic carbocycles. The number of aromatic nitrogens is 1. The van der Waals surface area contributed by atoms with Crippen molar-refractivity contribution >= 4 is 46.4 Å². The minimum Gasteiger partial charge on any atom is -0.478 e. The molecule has 178 valence electrons. The highest BCUT2D eigenvalue weighted by atomic mass is 35.5. The highest BCUT2D eigenvalue weighted by molar-refractivity contribution is 8.01. The second-order valence-corrected chi connectivity index (χ2v) is 11.1. The third-order valence-electron chi connectivity index (χ3n) is 5.53. The number of benzene rings is 1. The summed E-state index contributed by atoms with van der Waals surface area (Å²) in [6, 6.07) is 14.3. The minimum absolute atomic E-state index is 0.0533. The van der Waals surface area contributed by atoms with Gasteiger partial charge in [-0.15, -0.1) is 11.8 Å². The van der Waals surface area contributed by atoms with Gasteiger partial charge >= 0.3 is 0 Å². The number of nitrogens with zero attached hydrogens (tertiary/aromatic N) is 1. The molecule has 1 aromatic carbocycles. The number of aliphatic hydroxyl groups is 1. The third-order valence-corrected chi connectivity index (χ3v) is 7.97. The van der Waals surface area contributed by atoms with E-state index in [1.165, 1.54) is 11.3 Å². The van der Waals surface area contributed by atoms with Gasteiger partial charge in [-0.25, -0.2) is 4.98 Å². The molecule has 2 unspecified atom stereocenters. The van der Waals surface area contributed by atoms with Crippen molar-refractivity contribution < 1.29 is 19.4 Å². The van der Waals surface area contributed by atoms with Crippen LogP contribution in [0.25, 0.3) is 0 Å². The molecule has 1 aliphatic rings. The molecular weight excluding hydrogens is 492 g/mol. The Morgan fingerprint density at radius 1 is 1.24 bits per heavy atom. The van der Waals surface area contributed by atoms with E-state index in [9.17, 15) is 14.7 Å². The van der Waals surface area contributed by atoms with Gasteiger partial charge in [-0.05, 0) is 54.4 Å². The lowest BCUT2D eigenvalue weighted by molar-refractivity contribution is -0.133. The van der Waals surface area contributed by atoms with Gasteiger partial charge in [-0.1, -0.05) is 29.8 Å². The zero-order chi connectivity index (χ0) is 24.3. The number of piperidine rings is 1. The van der Waals surface area contributed by atoms with Crippen LogP contribution in [-0.4, -0.2) is 39.2 Å². The van der Waals surface area contributed by atoms with E-state index < -0.39 is 16.4 Å². The van der Waals surface area contributed by atoms with Gasteiger partial charge in [0, 0.05) is 23.8 Å². The van der Waals surface area contributed by atoms with Gasteiger partial charge in [0.25, 0.3) is 0 Å². The van der Waals surface area contributed by atoms with Crippen LogP contribution in [0.15, 0.2) is 64.2 Å². The Hall–Kier alpha value is -2.39. The monoisotopic (exact) mass is 516 g/mol. The molecule has 1 fully saturated rings. The average molecular weight is 517 g/mol. The molecule has 1 saturated heterocycles. The average Bonchev–Trinajstić information content (AvgIpc) is 3.32. The van der Waals surface area contributed by atoms with Crippen molar-refractivity contribution in [1.82, 2.24) is 10.3 Å². The fraction of sp³-hybridized carbons (Fsp3) is 0.320. The summed E-state index contributed by atoms with van der Waals surface area (Å²) in [5.41, 5.74) is -0.634. The molecule has 1 amide bonds. The molecule has 3 heterocycles. The van der Waals surface area contributed by atoms with E-state index in [1.807, 2.05) is 22.9 Å². The molecule has 0 bridgehead atoms. The number of carbonyl (C=O) groups excluding carboxylic acids is 2. The van der Waals surface area contributed by atoms with E-state index >= 15 is 0 Å². The number of nitrogens with one attached hydrogen (secondary N) is 1. The molecular formula is C25H25ClN2O4S2. The highest BCUT2D eigenvalue weighted by Gasteiger charge is 2.48. The van der Waals surface area contributed by atoms with E-state index in [2.05, 4.69) is 10.3 Å². The summed E-state index contributed by atoms with van der Waals surface area (Å²) in [4.78, 5) is 32.0. The van der Waals surface area contributed by atoms with E-state index in [0.717, 1.165) is 17.3 Å². The van der Waals surface area contributed by atoms with Crippen molar-refractivity contribution in [2.24, 2.45) is 0 Å². The number of thioether (sulfide) groups is 1. The van der Waals surface area contributed by atoms with Gasteiger partial charge in [-0.2, -0.15) is 11.3 Å². The first-order valence-electron chi connectivity index (χ1n) is 10.8. The minimum atomic E-state index is -1.10. The smallest absolute Gasteiger partial charge is 0.242 e. The summed E-state index contributed by atoms with van der Waals surface area (Å²) in [5.74, 6) is -0.219. The van der Waals surface area contributed by atoms with Crippen LogP contribution < -0.4 is 10.1 Å². The summed E-state index contributed by atoms with van der Waals surface area (Å²) in [5, 5.41) is 16.4. The number of ketones is 1. The number of amides is 1. The Bertz CT molecular complexity index is 1160. The van der Waals surface area contributed by atoms with Crippen LogP contribution in [0.2, 0.25) is 5.02 Å². The zero-order valence-corrected chi connectivity index (χ0v) is 21.2. The number of thiophene rings is 1. The molecule has 9 heteroatoms. The molecule has 3 aromatic rings. The Labute approximate surface area is 211 Å². The van der Waals surface area contributed by atoms with E-state index in [4.69, 9.17) is 16.3 Å². The van der Waals surface area contributed by atoms with Crippen LogP contribution in [0, 0.1) is 0 Å². The fourth-order valence-electron chi connectivity index (χ4n) is 3.73. The maximum absolute atomic E-state index is 13.4. The van der Waals surface area contributed by atoms with Gasteiger partial charge < -0.3 is 15.2 Å². The second kappa shape index (κ2) is 10.1. The number of hydrogen-bond acceptors (Lipinski definition) is 7. The van der Waals surface area contributed by atoms with Crippen molar-refractivity contribution in [3.8, 4) is 5.88 Å². The van der Waals surface area contributed by atoms with Crippen molar-refractivity contribution in [2.75, 3.05) is 6.61 Å². The molecule has 0 spiro atoms. The Balaban J connectivity index is 1.63. The fourth-order valence-corrected chi connectivity index (χ4v) is 5.70. The third kappa shape index (κ3) is 5.46. The molecule has 4 rings (SSSR count). The summed E-state index contributed by atoms with van der Waals surface area (Å²) in [7, 11) is 0. The van der Waals surface area contributed by atoms with Crippen molar-refractivity contribution in [2.45, 2.75) is 48.0 Å². The van der Waals surface area contributed by atoms with Gasteiger partial charge in [0.2, 0.25) is 11.8 Å². The van der Waals surface area contributed by atoms with Crippen LogP contribution in [0.3, 0.4) is 0 Å². The van der Waals surface area contributed by atoms with Crippen molar-refractivity contribution in [3.05, 3.63) is 75.6 Å². The van der Waals surface area contributed by atoms with Gasteiger partial charge in [0.15, 0.2) is 5.78 Å². The first-order chi connectivity index (χ1) is 16.2. The lowest BCUT2D eigenvalue weighted by atomic mass is 9.79. The first-order valence-corrected chi connectivity index (χ1v) is 13.0. The second-order valence-electron chi connectivity index (χ2n) is 8.75.